The summed E-state index contributed by atoms with van der Waals surface area (Å²) in [6.07, 6.45) is -0.249. The van der Waals surface area contributed by atoms with E-state index in [-0.39, 0.29) is 23.6 Å². The van der Waals surface area contributed by atoms with Gasteiger partial charge in [0.25, 0.3) is 6.43 Å². The number of alkyl halides is 5. The number of aliphatic hydroxyl groups is 2. The Morgan fingerprint density at radius 3 is 2.04 bits per heavy atom. The van der Waals surface area contributed by atoms with Crippen molar-refractivity contribution in [3.63, 3.8) is 0 Å². The zero-order valence-corrected chi connectivity index (χ0v) is 15.3. The first kappa shape index (κ1) is 23.3. The summed E-state index contributed by atoms with van der Waals surface area (Å²) >= 11 is 1.63. The predicted octanol–water partition coefficient (Wildman–Crippen LogP) is 2.13. The van der Waals surface area contributed by atoms with E-state index in [1.165, 1.54) is 6.42 Å². The summed E-state index contributed by atoms with van der Waals surface area (Å²) in [6, 6.07) is 0.379. The van der Waals surface area contributed by atoms with Crippen LogP contribution in [-0.2, 0) is 0 Å². The van der Waals surface area contributed by atoms with Crippen LogP contribution in [0.25, 0.3) is 0 Å². The Morgan fingerprint density at radius 2 is 1.70 bits per heavy atom. The Labute approximate surface area is 148 Å². The molecule has 0 aromatic rings. The molecular weight excluding hydrogens is 431 g/mol. The molecule has 0 bridgehead atoms. The number of hydrogen-bond donors (Lipinski definition) is 3. The first-order valence-electron chi connectivity index (χ1n) is 7.75. The van der Waals surface area contributed by atoms with Gasteiger partial charge in [0.05, 0.1) is 24.2 Å². The highest BCUT2D eigenvalue weighted by molar-refractivity contribution is 14.1. The van der Waals surface area contributed by atoms with Crippen molar-refractivity contribution in [3.8, 4) is 0 Å². The van der Waals surface area contributed by atoms with Gasteiger partial charge in [-0.3, -0.25) is 4.90 Å². The minimum Gasteiger partial charge on any atom is -0.395 e. The van der Waals surface area contributed by atoms with Crippen molar-refractivity contribution in [2.45, 2.75) is 50.6 Å². The number of nitrogens with one attached hydrogen (secondary N) is 1. The fourth-order valence-electron chi connectivity index (χ4n) is 2.43. The summed E-state index contributed by atoms with van der Waals surface area (Å²) in [7, 11) is 0. The third-order valence-electron chi connectivity index (χ3n) is 3.58. The van der Waals surface area contributed by atoms with Crippen LogP contribution >= 0.6 is 22.6 Å². The van der Waals surface area contributed by atoms with Gasteiger partial charge < -0.3 is 15.5 Å². The molecule has 2 fully saturated rings. The normalized spacial score (nSPS) is 24.4. The minimum absolute atomic E-state index is 0.00667. The lowest BCUT2D eigenvalue weighted by molar-refractivity contribution is 0.0663. The number of likely N-dealkylation sites (tertiary alicyclic amines) is 1. The highest BCUT2D eigenvalue weighted by atomic mass is 127. The number of rotatable bonds is 5. The Morgan fingerprint density at radius 1 is 1.04 bits per heavy atom. The molecular formula is C14H27F4IN2O2. The zero-order valence-electron chi connectivity index (χ0n) is 13.1. The van der Waals surface area contributed by atoms with Gasteiger partial charge in [-0.15, -0.1) is 0 Å². The topological polar surface area (TPSA) is 55.7 Å². The average Bonchev–Trinajstić information content (AvgIpc) is 3.18. The van der Waals surface area contributed by atoms with E-state index < -0.39 is 12.9 Å². The lowest BCUT2D eigenvalue weighted by Crippen LogP contribution is -2.35. The van der Waals surface area contributed by atoms with Crippen LogP contribution in [-0.4, -0.2) is 77.3 Å². The molecule has 0 unspecified atom stereocenters. The Hall–Kier alpha value is 0.290. The Kier molecular flexibility index (Phi) is 14.8. The van der Waals surface area contributed by atoms with Gasteiger partial charge in [-0.25, -0.2) is 17.6 Å². The highest BCUT2D eigenvalue weighted by Gasteiger charge is 2.25. The molecule has 0 radical (unpaired) electrons. The summed E-state index contributed by atoms with van der Waals surface area (Å²) in [4.78, 5) is 1.66. The summed E-state index contributed by atoms with van der Waals surface area (Å²) < 4.78 is 45.2. The molecule has 4 nitrogen and oxygen atoms in total. The lowest BCUT2D eigenvalue weighted by Gasteiger charge is -2.21. The number of nitrogens with zero attached hydrogens (tertiary/aromatic N) is 1. The van der Waals surface area contributed by atoms with E-state index in [9.17, 15) is 17.6 Å². The molecule has 0 aromatic heterocycles. The van der Waals surface area contributed by atoms with Crippen molar-refractivity contribution in [2.24, 2.45) is 0 Å². The third-order valence-corrected chi connectivity index (χ3v) is 4.25. The second kappa shape index (κ2) is 14.6. The highest BCUT2D eigenvalue weighted by Crippen LogP contribution is 2.17. The first-order chi connectivity index (χ1) is 10.9. The second-order valence-electron chi connectivity index (χ2n) is 5.39. The molecule has 2 atom stereocenters. The largest absolute Gasteiger partial charge is 0.395 e. The summed E-state index contributed by atoms with van der Waals surface area (Å²) in [5.41, 5.74) is 0. The maximum absolute atomic E-state index is 11.9. The van der Waals surface area contributed by atoms with Crippen LogP contribution in [0.15, 0.2) is 0 Å². The van der Waals surface area contributed by atoms with Crippen molar-refractivity contribution in [1.82, 2.24) is 10.2 Å². The van der Waals surface area contributed by atoms with Crippen molar-refractivity contribution in [3.05, 3.63) is 0 Å². The van der Waals surface area contributed by atoms with Gasteiger partial charge in [0.15, 0.2) is 0 Å². The van der Waals surface area contributed by atoms with Crippen LogP contribution in [0.2, 0.25) is 0 Å². The number of halogens is 5. The predicted molar refractivity (Wildman–Crippen MR) is 90.7 cm³/mol. The molecule has 2 aliphatic heterocycles. The smallest absolute Gasteiger partial charge is 0.251 e. The Bertz CT molecular complexity index is 273. The van der Waals surface area contributed by atoms with Crippen molar-refractivity contribution >= 4 is 22.6 Å². The van der Waals surface area contributed by atoms with E-state index in [2.05, 4.69) is 5.32 Å². The van der Waals surface area contributed by atoms with E-state index in [4.69, 9.17) is 10.2 Å². The number of aliphatic hydroxyl groups excluding tert-OH is 2. The standard InChI is InChI=1S/C7H13F2NO.C5H11NO.C2H3F2I/c8-7(9)4-10-3-1-2-6(10)5-11;7-4-5-2-1-3-6-5;3-2(4)1-5/h6-7,11H,1-5H2;5-7H,1-4H2;2H,1H2/t6-;5-;/m00./s1. The van der Waals surface area contributed by atoms with E-state index in [1.54, 1.807) is 27.5 Å². The van der Waals surface area contributed by atoms with Gasteiger partial charge in [0.1, 0.15) is 0 Å². The molecule has 2 rings (SSSR count). The second-order valence-corrected chi connectivity index (χ2v) is 6.27. The van der Waals surface area contributed by atoms with Gasteiger partial charge >= 0.3 is 0 Å². The van der Waals surface area contributed by atoms with Crippen LogP contribution in [0.5, 0.6) is 0 Å². The zero-order chi connectivity index (χ0) is 17.7. The molecule has 140 valence electrons. The van der Waals surface area contributed by atoms with Crippen LogP contribution < -0.4 is 5.32 Å². The SMILES string of the molecule is FC(F)CI.OC[C@@H]1CCCN1.OC[C@@H]1CCCN1CC(F)F. The summed E-state index contributed by atoms with van der Waals surface area (Å²) in [5.74, 6) is 0. The molecule has 2 heterocycles. The molecule has 0 saturated carbocycles. The Balaban J connectivity index is 0.000000347. The van der Waals surface area contributed by atoms with Gasteiger partial charge in [0.2, 0.25) is 6.43 Å². The van der Waals surface area contributed by atoms with Crippen LogP contribution in [0, 0.1) is 0 Å². The third kappa shape index (κ3) is 12.3. The fourth-order valence-corrected chi connectivity index (χ4v) is 2.43. The summed E-state index contributed by atoms with van der Waals surface area (Å²) in [5, 5.41) is 20.4. The molecule has 2 aliphatic rings. The monoisotopic (exact) mass is 458 g/mol. The van der Waals surface area contributed by atoms with E-state index in [0.29, 0.717) is 19.2 Å². The molecule has 0 spiro atoms. The first-order valence-corrected chi connectivity index (χ1v) is 9.28. The molecule has 23 heavy (non-hydrogen) atoms. The summed E-state index contributed by atoms with van der Waals surface area (Å²) in [6.45, 7) is 1.92. The van der Waals surface area contributed by atoms with E-state index in [1.807, 2.05) is 0 Å². The van der Waals surface area contributed by atoms with Gasteiger partial charge in [-0.2, -0.15) is 0 Å². The van der Waals surface area contributed by atoms with Crippen LogP contribution in [0.4, 0.5) is 17.6 Å². The molecule has 0 amide bonds. The molecule has 0 aromatic carbocycles. The van der Waals surface area contributed by atoms with Crippen LogP contribution in [0.1, 0.15) is 25.7 Å². The quantitative estimate of drug-likeness (QED) is 0.336. The van der Waals surface area contributed by atoms with Crippen LogP contribution in [0.3, 0.4) is 0 Å². The molecule has 2 saturated heterocycles. The van der Waals surface area contributed by atoms with Crippen molar-refractivity contribution in [2.75, 3.05) is 37.3 Å². The maximum atomic E-state index is 11.9. The minimum atomic E-state index is -2.28. The molecule has 3 N–H and O–H groups in total. The fraction of sp³-hybridized carbons (Fsp3) is 1.00. The molecule has 0 aliphatic carbocycles. The van der Waals surface area contributed by atoms with Gasteiger partial charge in [-0.05, 0) is 38.8 Å². The van der Waals surface area contributed by atoms with E-state index in [0.717, 1.165) is 25.8 Å². The van der Waals surface area contributed by atoms with Gasteiger partial charge in [0, 0.05) is 12.1 Å². The van der Waals surface area contributed by atoms with Crippen molar-refractivity contribution in [1.29, 1.82) is 0 Å². The van der Waals surface area contributed by atoms with Gasteiger partial charge in [-0.1, -0.05) is 22.6 Å². The van der Waals surface area contributed by atoms with E-state index >= 15 is 0 Å². The molecule has 9 heteroatoms. The number of hydrogen-bond acceptors (Lipinski definition) is 4. The lowest BCUT2D eigenvalue weighted by atomic mass is 10.2. The average molecular weight is 458 g/mol. The maximum Gasteiger partial charge on any atom is 0.251 e. The van der Waals surface area contributed by atoms with Crippen molar-refractivity contribution < 1.29 is 27.8 Å².